The normalized spacial score (nSPS) is 27.5. The second-order valence-corrected chi connectivity index (χ2v) is 16.5. The molecule has 1 spiro atoms. The van der Waals surface area contributed by atoms with Crippen LogP contribution in [0.5, 0.6) is 11.5 Å². The van der Waals surface area contributed by atoms with Gasteiger partial charge in [-0.05, 0) is 80.2 Å². The number of likely N-dealkylation sites (tertiary alicyclic amines) is 1. The summed E-state index contributed by atoms with van der Waals surface area (Å²) < 4.78 is 13.2. The van der Waals surface area contributed by atoms with Crippen molar-refractivity contribution in [2.24, 2.45) is 11.8 Å². The number of hydrogen-bond acceptors (Lipinski definition) is 6. The van der Waals surface area contributed by atoms with Gasteiger partial charge in [-0.15, -0.1) is 0 Å². The van der Waals surface area contributed by atoms with Crippen molar-refractivity contribution in [3.63, 3.8) is 0 Å². The molecule has 54 heavy (non-hydrogen) atoms. The molecule has 2 unspecified atom stereocenters. The number of methoxy groups -OCH3 is 1. The molecular weight excluding hydrogens is 673 g/mol. The molecule has 3 fully saturated rings. The molecule has 9 rings (SSSR count). The van der Waals surface area contributed by atoms with Crippen molar-refractivity contribution in [2.45, 2.75) is 93.4 Å². The summed E-state index contributed by atoms with van der Waals surface area (Å²) >= 11 is 0. The van der Waals surface area contributed by atoms with Crippen LogP contribution >= 0.6 is 0 Å². The largest absolute Gasteiger partial charge is 0.493 e. The number of carbonyl (C=O) groups excluding carboxylic acids is 2. The Labute approximate surface area is 319 Å². The van der Waals surface area contributed by atoms with Crippen molar-refractivity contribution in [3.05, 3.63) is 131 Å². The highest BCUT2D eigenvalue weighted by Crippen LogP contribution is 2.64. The predicted octanol–water partition coefficient (Wildman–Crippen LogP) is 7.59. The molecule has 1 amide bonds. The van der Waals surface area contributed by atoms with Crippen LogP contribution in [-0.2, 0) is 16.6 Å². The molecule has 0 aromatic heterocycles. The Morgan fingerprint density at radius 3 is 2.24 bits per heavy atom. The van der Waals surface area contributed by atoms with Crippen LogP contribution in [0.4, 0.5) is 0 Å². The number of aliphatic hydroxyl groups excluding tert-OH is 1. The maximum Gasteiger partial charge on any atom is 0.222 e. The highest BCUT2D eigenvalue weighted by molar-refractivity contribution is 5.96. The summed E-state index contributed by atoms with van der Waals surface area (Å²) in [5, 5.41) is 10.3. The number of unbranched alkanes of at least 4 members (excludes halogenated alkanes) is 1. The van der Waals surface area contributed by atoms with Crippen molar-refractivity contribution >= 4 is 11.7 Å². The summed E-state index contributed by atoms with van der Waals surface area (Å²) in [6.45, 7) is 2.47. The van der Waals surface area contributed by atoms with Crippen LogP contribution in [0, 0.1) is 11.8 Å². The topological polar surface area (TPSA) is 79.3 Å². The molecule has 2 heterocycles. The van der Waals surface area contributed by atoms with Gasteiger partial charge in [0, 0.05) is 60.4 Å². The Hall–Kier alpha value is -4.46. The Balaban J connectivity index is 1.05. The van der Waals surface area contributed by atoms with Crippen LogP contribution in [0.15, 0.2) is 103 Å². The Bertz CT molecular complexity index is 1930. The fourth-order valence-corrected chi connectivity index (χ4v) is 10.9. The Morgan fingerprint density at radius 2 is 1.57 bits per heavy atom. The number of carbonyl (C=O) groups is 2. The molecule has 2 saturated carbocycles. The van der Waals surface area contributed by atoms with Gasteiger partial charge in [0.2, 0.25) is 5.91 Å². The molecule has 7 nitrogen and oxygen atoms in total. The molecule has 0 radical (unpaired) electrons. The van der Waals surface area contributed by atoms with Crippen LogP contribution in [0.25, 0.3) is 0 Å². The summed E-state index contributed by atoms with van der Waals surface area (Å²) in [5.41, 5.74) is 5.58. The SMILES string of the molecule is COc1ccc2c3c1O[C@H]1[C@H](N(CC(c4ccccc4)c4ccccc4)C(=O)CCCCC(=O)c4ccccc4)CC[C@H]4[C@@H](C2)N(CC2CC2O)CC[C@@]341. The molecule has 1 saturated heterocycles. The minimum absolute atomic E-state index is 0.00831. The third-order valence-corrected chi connectivity index (χ3v) is 13.6. The van der Waals surface area contributed by atoms with E-state index in [2.05, 4.69) is 82.6 Å². The molecule has 3 aliphatic carbocycles. The lowest BCUT2D eigenvalue weighted by Gasteiger charge is -2.60. The van der Waals surface area contributed by atoms with E-state index in [4.69, 9.17) is 9.47 Å². The third-order valence-electron chi connectivity index (χ3n) is 13.6. The van der Waals surface area contributed by atoms with Crippen LogP contribution in [0.2, 0.25) is 0 Å². The first kappa shape index (κ1) is 35.3. The van der Waals surface area contributed by atoms with Gasteiger partial charge in [-0.3, -0.25) is 14.5 Å². The second-order valence-electron chi connectivity index (χ2n) is 16.5. The maximum absolute atomic E-state index is 14.9. The summed E-state index contributed by atoms with van der Waals surface area (Å²) in [6.07, 6.45) is 6.55. The summed E-state index contributed by atoms with van der Waals surface area (Å²) in [4.78, 5) is 32.7. The first-order valence-electron chi connectivity index (χ1n) is 20.2. The summed E-state index contributed by atoms with van der Waals surface area (Å²) in [6, 6.07) is 35.3. The molecular formula is C47H52N2O5. The van der Waals surface area contributed by atoms with Gasteiger partial charge in [0.15, 0.2) is 17.3 Å². The number of Topliss-reactive ketones (excluding diaryl/α,β-unsaturated/α-hetero) is 1. The zero-order valence-corrected chi connectivity index (χ0v) is 31.3. The van der Waals surface area contributed by atoms with Crippen molar-refractivity contribution < 1.29 is 24.2 Å². The van der Waals surface area contributed by atoms with E-state index in [1.54, 1.807) is 7.11 Å². The quantitative estimate of drug-likeness (QED) is 0.107. The maximum atomic E-state index is 14.9. The average molecular weight is 725 g/mol. The van der Waals surface area contributed by atoms with Gasteiger partial charge in [0.1, 0.15) is 6.10 Å². The highest BCUT2D eigenvalue weighted by Gasteiger charge is 2.67. The predicted molar refractivity (Wildman–Crippen MR) is 209 cm³/mol. The van der Waals surface area contributed by atoms with E-state index in [1.807, 2.05) is 30.3 Å². The van der Waals surface area contributed by atoms with Crippen LogP contribution in [0.3, 0.4) is 0 Å². The number of aliphatic hydroxyl groups is 1. The van der Waals surface area contributed by atoms with Gasteiger partial charge in [-0.1, -0.05) is 97.1 Å². The first-order valence-corrected chi connectivity index (χ1v) is 20.2. The second kappa shape index (κ2) is 14.6. The third kappa shape index (κ3) is 6.23. The van der Waals surface area contributed by atoms with Crippen LogP contribution in [0.1, 0.15) is 89.9 Å². The highest BCUT2D eigenvalue weighted by atomic mass is 16.5. The molecule has 7 heteroatoms. The van der Waals surface area contributed by atoms with Crippen molar-refractivity contribution in [1.82, 2.24) is 9.80 Å². The van der Waals surface area contributed by atoms with E-state index < -0.39 is 0 Å². The van der Waals surface area contributed by atoms with E-state index in [1.165, 1.54) is 22.3 Å². The first-order chi connectivity index (χ1) is 26.5. The lowest BCUT2D eigenvalue weighted by Crippen LogP contribution is -2.69. The Morgan fingerprint density at radius 1 is 0.907 bits per heavy atom. The minimum Gasteiger partial charge on any atom is -0.493 e. The van der Waals surface area contributed by atoms with E-state index in [0.717, 1.165) is 62.3 Å². The minimum atomic E-state index is -0.209. The number of hydrogen-bond donors (Lipinski definition) is 1. The number of benzene rings is 4. The van der Waals surface area contributed by atoms with Crippen molar-refractivity contribution in [3.8, 4) is 11.5 Å². The monoisotopic (exact) mass is 724 g/mol. The molecule has 4 aromatic rings. The standard InChI is InChI=1S/C47H52N2O5/c1-53-42-24-21-34-27-39-37-22-23-38(46-47(37,44(34)45(42)54-46)25-26-48(39)29-35-28-41(35)51)49(43(52)20-12-11-19-40(50)33-17-9-4-10-18-33)30-36(31-13-5-2-6-14-31)32-15-7-3-8-16-32/h2-10,13-18,21,24,35-39,41,46,51H,11-12,19-20,22-23,25-30H2,1H3/t35?,37-,38+,39+,41?,46-,47-/m0/s1. The number of piperidine rings is 1. The zero-order valence-electron chi connectivity index (χ0n) is 31.3. The molecule has 7 atom stereocenters. The van der Waals surface area contributed by atoms with Gasteiger partial charge < -0.3 is 19.5 Å². The summed E-state index contributed by atoms with van der Waals surface area (Å²) in [5.74, 6) is 2.71. The molecule has 5 aliphatic rings. The van der Waals surface area contributed by atoms with Gasteiger partial charge in [0.25, 0.3) is 0 Å². The molecule has 280 valence electrons. The van der Waals surface area contributed by atoms with Crippen molar-refractivity contribution in [1.29, 1.82) is 0 Å². The summed E-state index contributed by atoms with van der Waals surface area (Å²) in [7, 11) is 1.73. The Kier molecular flexibility index (Phi) is 9.56. The van der Waals surface area contributed by atoms with E-state index in [0.29, 0.717) is 50.1 Å². The molecule has 2 aliphatic heterocycles. The lowest BCUT2D eigenvalue weighted by atomic mass is 9.51. The van der Waals surface area contributed by atoms with Gasteiger partial charge in [-0.2, -0.15) is 0 Å². The molecule has 1 N–H and O–H groups in total. The number of ketones is 1. The van der Waals surface area contributed by atoms with E-state index in [9.17, 15) is 14.7 Å². The van der Waals surface area contributed by atoms with Gasteiger partial charge in [-0.25, -0.2) is 0 Å². The van der Waals surface area contributed by atoms with Crippen molar-refractivity contribution in [2.75, 3.05) is 26.7 Å². The average Bonchev–Trinajstić information content (AvgIpc) is 3.80. The molecule has 2 bridgehead atoms. The smallest absolute Gasteiger partial charge is 0.222 e. The zero-order chi connectivity index (χ0) is 36.8. The van der Waals surface area contributed by atoms with E-state index >= 15 is 0 Å². The molecule has 4 aromatic carbocycles. The van der Waals surface area contributed by atoms with Gasteiger partial charge >= 0.3 is 0 Å². The van der Waals surface area contributed by atoms with Crippen LogP contribution in [-0.4, -0.2) is 77.6 Å². The number of ether oxygens (including phenoxy) is 2. The number of rotatable bonds is 14. The van der Waals surface area contributed by atoms with Crippen LogP contribution < -0.4 is 9.47 Å². The number of amides is 1. The van der Waals surface area contributed by atoms with E-state index in [-0.39, 0.29) is 41.3 Å². The fraction of sp³-hybridized carbons (Fsp3) is 0.447. The lowest BCUT2D eigenvalue weighted by molar-refractivity contribution is -0.143. The van der Waals surface area contributed by atoms with Gasteiger partial charge in [0.05, 0.1) is 19.3 Å². The number of nitrogens with zero attached hydrogens (tertiary/aromatic N) is 2. The fourth-order valence-electron chi connectivity index (χ4n) is 10.9.